The maximum atomic E-state index is 13.0. The van der Waals surface area contributed by atoms with Gasteiger partial charge in [0.1, 0.15) is 0 Å². The number of nitrogens with one attached hydrogen (secondary N) is 2. The first-order chi connectivity index (χ1) is 17.4. The lowest BCUT2D eigenvalue weighted by Gasteiger charge is -2.13. The number of nitrogen functional groups attached to an aromatic ring is 1. The van der Waals surface area contributed by atoms with Crippen molar-refractivity contribution in [3.8, 4) is 22.8 Å². The van der Waals surface area contributed by atoms with Crippen LogP contribution in [0, 0.1) is 0 Å². The van der Waals surface area contributed by atoms with Gasteiger partial charge >= 0.3 is 0 Å². The highest BCUT2D eigenvalue weighted by Crippen LogP contribution is 2.36. The topological polar surface area (TPSA) is 128 Å². The molecule has 9 nitrogen and oxygen atoms in total. The van der Waals surface area contributed by atoms with Crippen molar-refractivity contribution < 1.29 is 19.1 Å². The van der Waals surface area contributed by atoms with Gasteiger partial charge in [-0.05, 0) is 42.8 Å². The highest BCUT2D eigenvalue weighted by atomic mass is 16.5. The molecule has 4 aromatic rings. The van der Waals surface area contributed by atoms with Crippen LogP contribution in [0.1, 0.15) is 34.1 Å². The van der Waals surface area contributed by atoms with Gasteiger partial charge in [0, 0.05) is 40.4 Å². The van der Waals surface area contributed by atoms with Gasteiger partial charge in [0.25, 0.3) is 11.8 Å². The summed E-state index contributed by atoms with van der Waals surface area (Å²) in [5.74, 6) is 0.620. The number of nitrogens with zero attached hydrogens (tertiary/aromatic N) is 2. The van der Waals surface area contributed by atoms with E-state index in [1.54, 1.807) is 62.8 Å². The second-order valence-corrected chi connectivity index (χ2v) is 8.03. The first-order valence-corrected chi connectivity index (χ1v) is 11.4. The summed E-state index contributed by atoms with van der Waals surface area (Å²) in [6, 6.07) is 17.4. The lowest BCUT2D eigenvalue weighted by Crippen LogP contribution is -2.24. The minimum atomic E-state index is -0.337. The maximum absolute atomic E-state index is 13.0. The summed E-state index contributed by atoms with van der Waals surface area (Å²) in [5, 5.41) is 6.42. The number of nitrogens with two attached hydrogens (primary N) is 1. The quantitative estimate of drug-likeness (QED) is 0.340. The van der Waals surface area contributed by atoms with Crippen molar-refractivity contribution in [2.45, 2.75) is 13.3 Å². The maximum Gasteiger partial charge on any atom is 0.255 e. The van der Waals surface area contributed by atoms with Crippen LogP contribution >= 0.6 is 0 Å². The van der Waals surface area contributed by atoms with E-state index in [1.165, 1.54) is 0 Å². The summed E-state index contributed by atoms with van der Waals surface area (Å²) in [4.78, 5) is 34.0. The number of methoxy groups -OCH3 is 2. The van der Waals surface area contributed by atoms with Gasteiger partial charge in [-0.25, -0.2) is 9.97 Å². The van der Waals surface area contributed by atoms with Crippen molar-refractivity contribution in [3.05, 3.63) is 71.8 Å². The Morgan fingerprint density at radius 3 is 2.31 bits per heavy atom. The van der Waals surface area contributed by atoms with Gasteiger partial charge in [0.2, 0.25) is 5.95 Å². The zero-order valence-electron chi connectivity index (χ0n) is 20.3. The normalized spacial score (nSPS) is 10.6. The van der Waals surface area contributed by atoms with Gasteiger partial charge in [-0.1, -0.05) is 25.1 Å². The van der Waals surface area contributed by atoms with Crippen LogP contribution in [0.25, 0.3) is 22.2 Å². The Morgan fingerprint density at radius 1 is 0.889 bits per heavy atom. The monoisotopic (exact) mass is 485 g/mol. The summed E-state index contributed by atoms with van der Waals surface area (Å²) >= 11 is 0. The second-order valence-electron chi connectivity index (χ2n) is 8.03. The van der Waals surface area contributed by atoms with E-state index in [0.29, 0.717) is 46.1 Å². The van der Waals surface area contributed by atoms with Crippen molar-refractivity contribution in [1.29, 1.82) is 0 Å². The molecular formula is C27H27N5O4. The molecule has 0 unspecified atom stereocenters. The van der Waals surface area contributed by atoms with Gasteiger partial charge in [0.15, 0.2) is 11.5 Å². The number of carbonyl (C=O) groups is 2. The van der Waals surface area contributed by atoms with Crippen LogP contribution in [0.3, 0.4) is 0 Å². The van der Waals surface area contributed by atoms with Crippen molar-refractivity contribution >= 4 is 34.4 Å². The van der Waals surface area contributed by atoms with Gasteiger partial charge in [-0.15, -0.1) is 0 Å². The third-order valence-corrected chi connectivity index (χ3v) is 5.53. The Kier molecular flexibility index (Phi) is 7.29. The van der Waals surface area contributed by atoms with Crippen LogP contribution in [0.15, 0.2) is 60.7 Å². The highest BCUT2D eigenvalue weighted by molar-refractivity contribution is 6.06. The van der Waals surface area contributed by atoms with Gasteiger partial charge in [-0.2, -0.15) is 0 Å². The smallest absolute Gasteiger partial charge is 0.255 e. The number of hydrogen-bond acceptors (Lipinski definition) is 7. The number of hydrogen-bond donors (Lipinski definition) is 3. The molecule has 184 valence electrons. The number of aromatic nitrogens is 2. The zero-order chi connectivity index (χ0) is 25.7. The number of benzene rings is 3. The summed E-state index contributed by atoms with van der Waals surface area (Å²) < 4.78 is 10.8. The van der Waals surface area contributed by atoms with Crippen LogP contribution in [-0.2, 0) is 0 Å². The van der Waals surface area contributed by atoms with Gasteiger partial charge in [0.05, 0.1) is 25.4 Å². The van der Waals surface area contributed by atoms with Crippen LogP contribution < -0.4 is 25.8 Å². The molecule has 0 aliphatic carbocycles. The summed E-state index contributed by atoms with van der Waals surface area (Å²) in [5.41, 5.74) is 9.27. The molecule has 0 saturated heterocycles. The lowest BCUT2D eigenvalue weighted by molar-refractivity contribution is 0.0953. The molecule has 0 aliphatic heterocycles. The fourth-order valence-corrected chi connectivity index (χ4v) is 3.78. The molecule has 0 saturated carbocycles. The van der Waals surface area contributed by atoms with E-state index in [2.05, 4.69) is 20.6 Å². The Balaban J connectivity index is 1.65. The molecule has 9 heteroatoms. The van der Waals surface area contributed by atoms with E-state index in [1.807, 2.05) is 19.1 Å². The molecule has 4 rings (SSSR count). The average molecular weight is 486 g/mol. The molecule has 4 N–H and O–H groups in total. The number of fused-ring (bicyclic) bond motifs is 1. The number of carbonyl (C=O) groups excluding carboxylic acids is 2. The molecule has 0 aliphatic rings. The van der Waals surface area contributed by atoms with Crippen molar-refractivity contribution in [1.82, 2.24) is 15.3 Å². The van der Waals surface area contributed by atoms with Crippen LogP contribution in [0.5, 0.6) is 11.5 Å². The SMILES string of the molecule is CCCNC(=O)c1cccc(C(=O)Nc2cccc(-c3nc(N)nc4cc(OC)c(OC)cc34)c2)c1. The van der Waals surface area contributed by atoms with E-state index < -0.39 is 0 Å². The number of anilines is 2. The number of rotatable bonds is 8. The van der Waals surface area contributed by atoms with E-state index in [-0.39, 0.29) is 17.8 Å². The molecule has 0 radical (unpaired) electrons. The number of ether oxygens (including phenoxy) is 2. The molecule has 3 aromatic carbocycles. The molecule has 0 spiro atoms. The van der Waals surface area contributed by atoms with Crippen molar-refractivity contribution in [3.63, 3.8) is 0 Å². The van der Waals surface area contributed by atoms with Crippen LogP contribution in [0.4, 0.5) is 11.6 Å². The third-order valence-electron chi connectivity index (χ3n) is 5.53. The Hall–Kier alpha value is -4.66. The van der Waals surface area contributed by atoms with Crippen molar-refractivity contribution in [2.75, 3.05) is 31.8 Å². The lowest BCUT2D eigenvalue weighted by atomic mass is 10.0. The molecular weight excluding hydrogens is 458 g/mol. The largest absolute Gasteiger partial charge is 0.493 e. The molecule has 1 heterocycles. The minimum Gasteiger partial charge on any atom is -0.493 e. The Bertz CT molecular complexity index is 1440. The predicted octanol–water partition coefficient (Wildman–Crippen LogP) is 4.29. The molecule has 1 aromatic heterocycles. The third kappa shape index (κ3) is 5.20. The van der Waals surface area contributed by atoms with E-state index >= 15 is 0 Å². The Labute approximate surface area is 208 Å². The van der Waals surface area contributed by atoms with Crippen LogP contribution in [0.2, 0.25) is 0 Å². The zero-order valence-corrected chi connectivity index (χ0v) is 20.3. The fraction of sp³-hybridized carbons (Fsp3) is 0.185. The molecule has 0 bridgehead atoms. The summed E-state index contributed by atoms with van der Waals surface area (Å²) in [6.45, 7) is 2.55. The predicted molar refractivity (Wildman–Crippen MR) is 140 cm³/mol. The van der Waals surface area contributed by atoms with Gasteiger partial charge < -0.3 is 25.8 Å². The van der Waals surface area contributed by atoms with E-state index in [0.717, 1.165) is 17.4 Å². The second kappa shape index (κ2) is 10.7. The van der Waals surface area contributed by atoms with Gasteiger partial charge in [-0.3, -0.25) is 9.59 Å². The molecule has 2 amide bonds. The Morgan fingerprint density at radius 2 is 1.58 bits per heavy atom. The molecule has 0 fully saturated rings. The fourth-order valence-electron chi connectivity index (χ4n) is 3.78. The van der Waals surface area contributed by atoms with E-state index in [4.69, 9.17) is 15.2 Å². The number of amides is 2. The highest BCUT2D eigenvalue weighted by Gasteiger charge is 2.15. The minimum absolute atomic E-state index is 0.109. The first-order valence-electron chi connectivity index (χ1n) is 11.4. The summed E-state index contributed by atoms with van der Waals surface area (Å²) in [7, 11) is 3.11. The molecule has 0 atom stereocenters. The average Bonchev–Trinajstić information content (AvgIpc) is 2.90. The standard InChI is InChI=1S/C27H27N5O4/c1-4-11-29-25(33)17-8-5-9-18(12-17)26(34)30-19-10-6-7-16(13-19)24-20-14-22(35-2)23(36-3)15-21(20)31-27(28)32-24/h5-10,12-15H,4,11H2,1-3H3,(H,29,33)(H,30,34)(H2,28,31,32). The van der Waals surface area contributed by atoms with Crippen LogP contribution in [-0.4, -0.2) is 42.5 Å². The van der Waals surface area contributed by atoms with E-state index in [9.17, 15) is 9.59 Å². The molecule has 36 heavy (non-hydrogen) atoms. The first kappa shape index (κ1) is 24.5. The van der Waals surface area contributed by atoms with Crippen molar-refractivity contribution in [2.24, 2.45) is 0 Å². The summed E-state index contributed by atoms with van der Waals surface area (Å²) in [6.07, 6.45) is 0.829.